The van der Waals surface area contributed by atoms with Crippen LogP contribution in [0.2, 0.25) is 10.2 Å². The third kappa shape index (κ3) is 3.56. The number of carbonyl (C=O) groups is 2. The number of hydrogen-bond acceptors (Lipinski definition) is 3. The van der Waals surface area contributed by atoms with Gasteiger partial charge in [0.2, 0.25) is 0 Å². The molecular formula is C14H10Cl2N2O2. The molecule has 0 unspecified atom stereocenters. The highest BCUT2D eigenvalue weighted by Crippen LogP contribution is 2.18. The van der Waals surface area contributed by atoms with Crippen LogP contribution in [0.15, 0.2) is 42.6 Å². The Labute approximate surface area is 125 Å². The fourth-order valence-corrected chi connectivity index (χ4v) is 1.94. The van der Waals surface area contributed by atoms with E-state index in [0.29, 0.717) is 5.56 Å². The summed E-state index contributed by atoms with van der Waals surface area (Å²) in [5, 5.41) is 2.91. The van der Waals surface area contributed by atoms with Crippen molar-refractivity contribution in [2.45, 2.75) is 0 Å². The van der Waals surface area contributed by atoms with Crippen molar-refractivity contribution in [1.29, 1.82) is 0 Å². The smallest absolute Gasteiger partial charge is 0.251 e. The molecule has 0 fully saturated rings. The molecule has 0 atom stereocenters. The highest BCUT2D eigenvalue weighted by atomic mass is 35.5. The quantitative estimate of drug-likeness (QED) is 0.697. The number of halogens is 2. The number of amides is 1. The number of benzene rings is 1. The van der Waals surface area contributed by atoms with Gasteiger partial charge in [0.25, 0.3) is 5.91 Å². The van der Waals surface area contributed by atoms with Crippen LogP contribution in [0.25, 0.3) is 0 Å². The maximum absolute atomic E-state index is 12.0. The van der Waals surface area contributed by atoms with Gasteiger partial charge in [-0.05, 0) is 18.2 Å². The number of pyridine rings is 1. The number of aromatic nitrogens is 1. The van der Waals surface area contributed by atoms with Crippen LogP contribution in [0.3, 0.4) is 0 Å². The third-order valence-corrected chi connectivity index (χ3v) is 3.08. The molecule has 1 amide bonds. The molecule has 6 heteroatoms. The van der Waals surface area contributed by atoms with Crippen LogP contribution < -0.4 is 5.32 Å². The zero-order valence-corrected chi connectivity index (χ0v) is 11.8. The van der Waals surface area contributed by atoms with Gasteiger partial charge in [0.15, 0.2) is 5.78 Å². The third-order valence-electron chi connectivity index (χ3n) is 2.57. The van der Waals surface area contributed by atoms with E-state index >= 15 is 0 Å². The van der Waals surface area contributed by atoms with Gasteiger partial charge in [-0.3, -0.25) is 9.59 Å². The maximum Gasteiger partial charge on any atom is 0.251 e. The van der Waals surface area contributed by atoms with E-state index in [-0.39, 0.29) is 34.0 Å². The van der Waals surface area contributed by atoms with Crippen molar-refractivity contribution in [2.75, 3.05) is 6.54 Å². The van der Waals surface area contributed by atoms with Crippen molar-refractivity contribution in [3.05, 3.63) is 63.9 Å². The fourth-order valence-electron chi connectivity index (χ4n) is 1.57. The summed E-state index contributed by atoms with van der Waals surface area (Å²) in [6.07, 6.45) is 1.30. The summed E-state index contributed by atoms with van der Waals surface area (Å²) < 4.78 is 0. The molecule has 1 N–H and O–H groups in total. The van der Waals surface area contributed by atoms with Gasteiger partial charge in [0.1, 0.15) is 5.15 Å². The van der Waals surface area contributed by atoms with Gasteiger partial charge in [0, 0.05) is 17.3 Å². The van der Waals surface area contributed by atoms with E-state index in [1.54, 1.807) is 30.3 Å². The number of Topliss-reactive ketones (excluding diaryl/α,β-unsaturated/α-hetero) is 1. The van der Waals surface area contributed by atoms with Crippen molar-refractivity contribution in [3.63, 3.8) is 0 Å². The number of nitrogens with one attached hydrogen (secondary N) is 1. The van der Waals surface area contributed by atoms with Crippen molar-refractivity contribution < 1.29 is 9.59 Å². The number of nitrogens with zero attached hydrogens (tertiary/aromatic N) is 1. The zero-order valence-electron chi connectivity index (χ0n) is 10.3. The molecule has 0 aliphatic heterocycles. The second-order valence-electron chi connectivity index (χ2n) is 3.96. The molecule has 1 aromatic heterocycles. The lowest BCUT2D eigenvalue weighted by Crippen LogP contribution is -2.29. The van der Waals surface area contributed by atoms with Gasteiger partial charge >= 0.3 is 0 Å². The molecular weight excluding hydrogens is 299 g/mol. The second kappa shape index (κ2) is 6.50. The van der Waals surface area contributed by atoms with Crippen molar-refractivity contribution in [1.82, 2.24) is 10.3 Å². The van der Waals surface area contributed by atoms with Gasteiger partial charge < -0.3 is 5.32 Å². The molecule has 0 bridgehead atoms. The number of hydrogen-bond donors (Lipinski definition) is 1. The van der Waals surface area contributed by atoms with E-state index < -0.39 is 0 Å². The molecule has 2 aromatic rings. The van der Waals surface area contributed by atoms with E-state index in [9.17, 15) is 9.59 Å². The highest BCUT2D eigenvalue weighted by molar-refractivity contribution is 6.35. The lowest BCUT2D eigenvalue weighted by molar-refractivity contribution is 0.0904. The predicted octanol–water partition coefficient (Wildman–Crippen LogP) is 3.00. The van der Waals surface area contributed by atoms with E-state index in [0.717, 1.165) is 0 Å². The molecule has 0 saturated heterocycles. The Bertz CT molecular complexity index is 645. The van der Waals surface area contributed by atoms with Crippen molar-refractivity contribution in [2.24, 2.45) is 0 Å². The first-order valence-electron chi connectivity index (χ1n) is 5.75. The molecule has 2 rings (SSSR count). The van der Waals surface area contributed by atoms with Crippen LogP contribution in [0.5, 0.6) is 0 Å². The minimum Gasteiger partial charge on any atom is -0.345 e. The largest absolute Gasteiger partial charge is 0.345 e. The minimum atomic E-state index is -0.330. The molecule has 0 spiro atoms. The molecule has 0 radical (unpaired) electrons. The van der Waals surface area contributed by atoms with Gasteiger partial charge in [-0.25, -0.2) is 4.98 Å². The van der Waals surface area contributed by atoms with E-state index in [2.05, 4.69) is 10.3 Å². The minimum absolute atomic E-state index is 0.159. The zero-order chi connectivity index (χ0) is 14.5. The number of carbonyl (C=O) groups excluding carboxylic acids is 2. The highest BCUT2D eigenvalue weighted by Gasteiger charge is 2.13. The first-order valence-corrected chi connectivity index (χ1v) is 6.51. The Morgan fingerprint density at radius 2 is 1.85 bits per heavy atom. The summed E-state index contributed by atoms with van der Waals surface area (Å²) in [5.74, 6) is -0.654. The first kappa shape index (κ1) is 14.5. The van der Waals surface area contributed by atoms with E-state index in [4.69, 9.17) is 23.2 Å². The Balaban J connectivity index is 2.02. The summed E-state index contributed by atoms with van der Waals surface area (Å²) in [5.41, 5.74) is 0.721. The van der Waals surface area contributed by atoms with Crippen molar-refractivity contribution in [3.8, 4) is 0 Å². The molecule has 102 valence electrons. The van der Waals surface area contributed by atoms with E-state index in [1.807, 2.05) is 0 Å². The average Bonchev–Trinajstić information content (AvgIpc) is 2.47. The fraction of sp³-hybridized carbons (Fsp3) is 0.0714. The summed E-state index contributed by atoms with van der Waals surface area (Å²) in [4.78, 5) is 27.5. The standard InChI is InChI=1S/C14H10Cl2N2O2/c15-11-7-17-13(16)6-10(11)12(19)8-18-14(20)9-4-2-1-3-5-9/h1-7H,8H2,(H,18,20). The van der Waals surface area contributed by atoms with Gasteiger partial charge in [-0.1, -0.05) is 41.4 Å². The van der Waals surface area contributed by atoms with Crippen LogP contribution in [-0.4, -0.2) is 23.2 Å². The van der Waals surface area contributed by atoms with Crippen molar-refractivity contribution >= 4 is 34.9 Å². The van der Waals surface area contributed by atoms with Gasteiger partial charge in [-0.2, -0.15) is 0 Å². The topological polar surface area (TPSA) is 59.1 Å². The van der Waals surface area contributed by atoms with Crippen LogP contribution in [0, 0.1) is 0 Å². The molecule has 0 aliphatic rings. The first-order chi connectivity index (χ1) is 9.58. The Hall–Kier alpha value is -1.91. The van der Waals surface area contributed by atoms with Crippen LogP contribution >= 0.6 is 23.2 Å². The summed E-state index contributed by atoms with van der Waals surface area (Å²) >= 11 is 11.6. The molecule has 0 aliphatic carbocycles. The van der Waals surface area contributed by atoms with Gasteiger partial charge in [0.05, 0.1) is 11.6 Å². The van der Waals surface area contributed by atoms with Crippen LogP contribution in [-0.2, 0) is 0 Å². The Kier molecular flexibility index (Phi) is 4.71. The molecule has 1 aromatic carbocycles. The number of ketones is 1. The second-order valence-corrected chi connectivity index (χ2v) is 4.75. The summed E-state index contributed by atoms with van der Waals surface area (Å²) in [6, 6.07) is 10.0. The summed E-state index contributed by atoms with van der Waals surface area (Å²) in [6.45, 7) is -0.159. The van der Waals surface area contributed by atoms with Gasteiger partial charge in [-0.15, -0.1) is 0 Å². The summed E-state index contributed by atoms with van der Waals surface area (Å²) in [7, 11) is 0. The molecule has 1 heterocycles. The lowest BCUT2D eigenvalue weighted by Gasteiger charge is -2.06. The maximum atomic E-state index is 12.0. The normalized spacial score (nSPS) is 10.1. The molecule has 0 saturated carbocycles. The SMILES string of the molecule is O=C(NCC(=O)c1cc(Cl)ncc1Cl)c1ccccc1. The number of rotatable bonds is 4. The Morgan fingerprint density at radius 1 is 1.15 bits per heavy atom. The molecule has 4 nitrogen and oxygen atoms in total. The predicted molar refractivity (Wildman–Crippen MR) is 77.4 cm³/mol. The lowest BCUT2D eigenvalue weighted by atomic mass is 10.1. The average molecular weight is 309 g/mol. The van der Waals surface area contributed by atoms with Crippen LogP contribution in [0.1, 0.15) is 20.7 Å². The van der Waals surface area contributed by atoms with E-state index in [1.165, 1.54) is 12.3 Å². The molecule has 20 heavy (non-hydrogen) atoms. The van der Waals surface area contributed by atoms with Crippen LogP contribution in [0.4, 0.5) is 0 Å². The monoisotopic (exact) mass is 308 g/mol. The Morgan fingerprint density at radius 3 is 2.55 bits per heavy atom.